The average Bonchev–Trinajstić information content (AvgIpc) is 3.05. The third-order valence-corrected chi connectivity index (χ3v) is 10.6. The molecule has 0 aliphatic carbocycles. The van der Waals surface area contributed by atoms with Crippen molar-refractivity contribution in [3.8, 4) is 16.9 Å². The summed E-state index contributed by atoms with van der Waals surface area (Å²) in [6.45, 7) is 7.18. The lowest BCUT2D eigenvalue weighted by atomic mass is 10.1. The van der Waals surface area contributed by atoms with Crippen LogP contribution in [0.15, 0.2) is 64.3 Å². The van der Waals surface area contributed by atoms with Crippen LogP contribution in [-0.2, 0) is 14.6 Å². The quantitative estimate of drug-likeness (QED) is 0.242. The number of piperazine rings is 1. The molecule has 2 aromatic heterocycles. The molecule has 2 aromatic carbocycles. The standard InChI is InChI=1S/C35H37ClF2N6O4S/c1-22-10-7-13-28(49(3,47)48)32(22)44-34-24(20-27(38)31(39-34)30-25(36)11-8-12-26(30)37)33(40-35(44)46)43-19-18-42(21-23(43)2)29(45)14-9-17-41-15-5-4-6-16-41/h7-14,20,23H,4-6,15-19,21H2,1-3H3/b14-9+/t23-/m0/s1. The number of aromatic nitrogens is 3. The Labute approximate surface area is 288 Å². The van der Waals surface area contributed by atoms with Gasteiger partial charge in [0.05, 0.1) is 26.6 Å². The Hall–Kier alpha value is -4.20. The normalized spacial score (nSPS) is 17.7. The number of pyridine rings is 1. The van der Waals surface area contributed by atoms with E-state index < -0.39 is 32.9 Å². The maximum Gasteiger partial charge on any atom is 0.355 e. The molecule has 258 valence electrons. The molecule has 2 fully saturated rings. The van der Waals surface area contributed by atoms with Gasteiger partial charge in [0, 0.05) is 44.6 Å². The Morgan fingerprint density at radius 2 is 1.76 bits per heavy atom. The maximum absolute atomic E-state index is 16.0. The van der Waals surface area contributed by atoms with Crippen LogP contribution in [0.1, 0.15) is 31.7 Å². The van der Waals surface area contributed by atoms with Crippen LogP contribution in [0.5, 0.6) is 0 Å². The highest BCUT2D eigenvalue weighted by molar-refractivity contribution is 7.90. The number of nitrogens with zero attached hydrogens (tertiary/aromatic N) is 6. The number of likely N-dealkylation sites (tertiary alicyclic amines) is 1. The van der Waals surface area contributed by atoms with E-state index in [1.165, 1.54) is 24.6 Å². The van der Waals surface area contributed by atoms with Gasteiger partial charge in [0.2, 0.25) is 5.91 Å². The molecule has 14 heteroatoms. The van der Waals surface area contributed by atoms with E-state index in [0.29, 0.717) is 25.2 Å². The third-order valence-electron chi connectivity index (χ3n) is 9.11. The summed E-state index contributed by atoms with van der Waals surface area (Å²) in [5.41, 5.74) is -1.32. The topological polar surface area (TPSA) is 109 Å². The number of amides is 1. The fourth-order valence-electron chi connectivity index (χ4n) is 6.67. The number of halogens is 3. The van der Waals surface area contributed by atoms with Crippen molar-refractivity contribution in [1.29, 1.82) is 0 Å². The molecule has 0 radical (unpaired) electrons. The lowest BCUT2D eigenvalue weighted by Crippen LogP contribution is -2.54. The molecule has 0 saturated carbocycles. The van der Waals surface area contributed by atoms with Gasteiger partial charge in [-0.1, -0.05) is 42.3 Å². The number of para-hydroxylation sites is 1. The third kappa shape index (κ3) is 6.97. The summed E-state index contributed by atoms with van der Waals surface area (Å²) >= 11 is 6.31. The number of carbonyl (C=O) groups is 1. The summed E-state index contributed by atoms with van der Waals surface area (Å²) in [6, 6.07) is 9.21. The molecule has 0 N–H and O–H groups in total. The van der Waals surface area contributed by atoms with Crippen molar-refractivity contribution >= 4 is 44.2 Å². The van der Waals surface area contributed by atoms with E-state index in [1.807, 2.05) is 17.9 Å². The molecule has 0 unspecified atom stereocenters. The molecule has 4 heterocycles. The van der Waals surface area contributed by atoms with Crippen molar-refractivity contribution in [3.05, 3.63) is 87.3 Å². The summed E-state index contributed by atoms with van der Waals surface area (Å²) in [4.78, 5) is 41.7. The number of rotatable bonds is 7. The van der Waals surface area contributed by atoms with Gasteiger partial charge in [0.25, 0.3) is 0 Å². The fraction of sp³-hybridized carbons (Fsp3) is 0.371. The summed E-state index contributed by atoms with van der Waals surface area (Å²) in [7, 11) is -3.87. The molecule has 4 aromatic rings. The molecule has 2 aliphatic rings. The van der Waals surface area contributed by atoms with Crippen LogP contribution < -0.4 is 10.6 Å². The first-order valence-electron chi connectivity index (χ1n) is 16.2. The van der Waals surface area contributed by atoms with Crippen LogP contribution in [0.3, 0.4) is 0 Å². The minimum Gasteiger partial charge on any atom is -0.350 e. The molecule has 49 heavy (non-hydrogen) atoms. The zero-order chi connectivity index (χ0) is 35.0. The Morgan fingerprint density at radius 3 is 2.45 bits per heavy atom. The highest BCUT2D eigenvalue weighted by Gasteiger charge is 2.31. The first-order chi connectivity index (χ1) is 23.3. The molecule has 1 atom stereocenters. The van der Waals surface area contributed by atoms with E-state index in [0.717, 1.165) is 48.9 Å². The Morgan fingerprint density at radius 1 is 1.02 bits per heavy atom. The van der Waals surface area contributed by atoms with Crippen LogP contribution in [0.25, 0.3) is 28.0 Å². The van der Waals surface area contributed by atoms with Gasteiger partial charge in [0.15, 0.2) is 21.3 Å². The second-order valence-electron chi connectivity index (χ2n) is 12.6. The molecular formula is C35H37ClF2N6O4S. The van der Waals surface area contributed by atoms with Gasteiger partial charge in [-0.25, -0.2) is 31.5 Å². The average molecular weight is 711 g/mol. The number of hydrogen-bond donors (Lipinski definition) is 0. The fourth-order valence-corrected chi connectivity index (χ4v) is 7.85. The lowest BCUT2D eigenvalue weighted by molar-refractivity contribution is -0.126. The van der Waals surface area contributed by atoms with Gasteiger partial charge >= 0.3 is 5.69 Å². The Balaban J connectivity index is 1.45. The lowest BCUT2D eigenvalue weighted by Gasteiger charge is -2.40. The van der Waals surface area contributed by atoms with E-state index in [1.54, 1.807) is 30.0 Å². The van der Waals surface area contributed by atoms with Gasteiger partial charge in [0.1, 0.15) is 17.3 Å². The summed E-state index contributed by atoms with van der Waals surface area (Å²) in [6.07, 6.45) is 8.07. The van der Waals surface area contributed by atoms with E-state index in [9.17, 15) is 18.0 Å². The smallest absolute Gasteiger partial charge is 0.350 e. The van der Waals surface area contributed by atoms with Gasteiger partial charge in [-0.15, -0.1) is 0 Å². The molecule has 10 nitrogen and oxygen atoms in total. The van der Waals surface area contributed by atoms with Gasteiger partial charge in [-0.2, -0.15) is 4.98 Å². The number of anilines is 1. The van der Waals surface area contributed by atoms with Crippen molar-refractivity contribution in [2.24, 2.45) is 0 Å². The van der Waals surface area contributed by atoms with E-state index in [-0.39, 0.29) is 56.5 Å². The zero-order valence-electron chi connectivity index (χ0n) is 27.5. The summed E-state index contributed by atoms with van der Waals surface area (Å²) in [5.74, 6) is -1.75. The van der Waals surface area contributed by atoms with Gasteiger partial charge < -0.3 is 9.80 Å². The number of sulfone groups is 1. The van der Waals surface area contributed by atoms with E-state index >= 15 is 8.78 Å². The SMILES string of the molecule is Cc1cccc(S(C)(=O)=O)c1-n1c(=O)nc(N2CCN(C(=O)/C=C/CN3CCCCC3)C[C@@H]2C)c2cc(F)c(-c3c(F)cccc3Cl)nc21. The highest BCUT2D eigenvalue weighted by Crippen LogP contribution is 2.36. The van der Waals surface area contributed by atoms with Crippen molar-refractivity contribution in [1.82, 2.24) is 24.3 Å². The van der Waals surface area contributed by atoms with E-state index in [2.05, 4.69) is 14.9 Å². The minimum absolute atomic E-state index is 0.00328. The van der Waals surface area contributed by atoms with Crippen LogP contribution in [0.4, 0.5) is 14.6 Å². The van der Waals surface area contributed by atoms with Crippen LogP contribution in [0.2, 0.25) is 5.02 Å². The number of benzene rings is 2. The second-order valence-corrected chi connectivity index (χ2v) is 15.0. The molecule has 2 saturated heterocycles. The number of hydrogen-bond acceptors (Lipinski definition) is 8. The number of carbonyl (C=O) groups excluding carboxylic acids is 1. The van der Waals surface area contributed by atoms with Crippen LogP contribution >= 0.6 is 11.6 Å². The van der Waals surface area contributed by atoms with Crippen LogP contribution in [-0.4, -0.2) is 90.2 Å². The van der Waals surface area contributed by atoms with Crippen molar-refractivity contribution < 1.29 is 22.0 Å². The predicted molar refractivity (Wildman–Crippen MR) is 186 cm³/mol. The molecule has 1 amide bonds. The molecule has 0 bridgehead atoms. The molecular weight excluding hydrogens is 674 g/mol. The van der Waals surface area contributed by atoms with Crippen molar-refractivity contribution in [3.63, 3.8) is 0 Å². The first-order valence-corrected chi connectivity index (χ1v) is 18.4. The molecule has 0 spiro atoms. The van der Waals surface area contributed by atoms with Crippen LogP contribution in [0, 0.1) is 18.6 Å². The summed E-state index contributed by atoms with van der Waals surface area (Å²) in [5, 5.41) is 0.00472. The minimum atomic E-state index is -3.87. The zero-order valence-corrected chi connectivity index (χ0v) is 29.1. The Kier molecular flexibility index (Phi) is 9.88. The monoisotopic (exact) mass is 710 g/mol. The molecule has 6 rings (SSSR count). The van der Waals surface area contributed by atoms with Crippen molar-refractivity contribution in [2.75, 3.05) is 50.4 Å². The van der Waals surface area contributed by atoms with Gasteiger partial charge in [-0.3, -0.25) is 9.69 Å². The molecule has 2 aliphatic heterocycles. The van der Waals surface area contributed by atoms with E-state index in [4.69, 9.17) is 11.6 Å². The second kappa shape index (κ2) is 14.0. The van der Waals surface area contributed by atoms with Gasteiger partial charge in [-0.05, 0) is 69.6 Å². The summed E-state index contributed by atoms with van der Waals surface area (Å²) < 4.78 is 58.0. The predicted octanol–water partition coefficient (Wildman–Crippen LogP) is 5.17. The van der Waals surface area contributed by atoms with Crippen molar-refractivity contribution in [2.45, 2.75) is 44.0 Å². The maximum atomic E-state index is 16.0. The number of aryl methyl sites for hydroxylation is 1. The largest absolute Gasteiger partial charge is 0.355 e. The Bertz CT molecular complexity index is 2110. The number of piperidine rings is 1. The number of fused-ring (bicyclic) bond motifs is 1. The highest BCUT2D eigenvalue weighted by atomic mass is 35.5. The first kappa shape index (κ1) is 34.7.